The maximum atomic E-state index is 11.9. The van der Waals surface area contributed by atoms with Crippen LogP contribution in [-0.2, 0) is 4.79 Å². The number of carbonyl (C=O) groups excluding carboxylic acids is 1. The first-order valence-electron chi connectivity index (χ1n) is 6.00. The van der Waals surface area contributed by atoms with Crippen LogP contribution in [0.3, 0.4) is 0 Å². The monoisotopic (exact) mass is 285 g/mol. The summed E-state index contributed by atoms with van der Waals surface area (Å²) in [7, 11) is 0. The zero-order chi connectivity index (χ0) is 13.8. The zero-order valence-corrected chi connectivity index (χ0v) is 11.2. The van der Waals surface area contributed by atoms with Crippen molar-refractivity contribution in [3.8, 4) is 0 Å². The molecule has 6 heteroatoms. The van der Waals surface area contributed by atoms with Crippen molar-refractivity contribution >= 4 is 29.1 Å². The lowest BCUT2D eigenvalue weighted by molar-refractivity contribution is -0.118. The lowest BCUT2D eigenvalue weighted by Crippen LogP contribution is -2.21. The highest BCUT2D eigenvalue weighted by Crippen LogP contribution is 2.34. The van der Waals surface area contributed by atoms with E-state index in [0.717, 1.165) is 5.56 Å². The van der Waals surface area contributed by atoms with E-state index in [9.17, 15) is 4.79 Å². The third kappa shape index (κ3) is 2.80. The van der Waals surface area contributed by atoms with E-state index in [2.05, 4.69) is 15.5 Å². The van der Waals surface area contributed by atoms with E-state index in [1.165, 1.54) is 18.0 Å². The molecule has 1 saturated heterocycles. The van der Waals surface area contributed by atoms with E-state index in [4.69, 9.17) is 4.42 Å². The molecule has 1 fully saturated rings. The number of furan rings is 1. The molecule has 2 aromatic rings. The third-order valence-electron chi connectivity index (χ3n) is 2.68. The normalized spacial score (nSPS) is 20.7. The van der Waals surface area contributed by atoms with Gasteiger partial charge in [0.2, 0.25) is 5.91 Å². The number of nitrogens with zero attached hydrogens (tertiary/aromatic N) is 2. The minimum atomic E-state index is -0.270. The molecule has 1 aliphatic rings. The van der Waals surface area contributed by atoms with Gasteiger partial charge in [-0.25, -0.2) is 0 Å². The molecule has 3 rings (SSSR count). The average Bonchev–Trinajstić information content (AvgIpc) is 3.10. The quantitative estimate of drug-likeness (QED) is 0.696. The first-order chi connectivity index (χ1) is 9.83. The lowest BCUT2D eigenvalue weighted by atomic mass is 10.1. The van der Waals surface area contributed by atoms with Crippen molar-refractivity contribution in [2.45, 2.75) is 5.25 Å². The van der Waals surface area contributed by atoms with Gasteiger partial charge in [-0.05, 0) is 17.7 Å². The largest absolute Gasteiger partial charge is 0.463 e. The van der Waals surface area contributed by atoms with Crippen molar-refractivity contribution in [1.82, 2.24) is 5.32 Å². The van der Waals surface area contributed by atoms with Gasteiger partial charge in [0.15, 0.2) is 5.17 Å². The molecule has 0 spiro atoms. The van der Waals surface area contributed by atoms with E-state index < -0.39 is 0 Å². The third-order valence-corrected chi connectivity index (χ3v) is 3.81. The van der Waals surface area contributed by atoms with Crippen LogP contribution in [0.2, 0.25) is 0 Å². The number of carbonyl (C=O) groups is 1. The predicted molar refractivity (Wildman–Crippen MR) is 78.7 cm³/mol. The summed E-state index contributed by atoms with van der Waals surface area (Å²) in [4.78, 5) is 11.9. The molecule has 1 aromatic heterocycles. The maximum Gasteiger partial charge on any atom is 0.244 e. The number of amides is 1. The molecule has 0 aliphatic carbocycles. The predicted octanol–water partition coefficient (Wildman–Crippen LogP) is 2.57. The summed E-state index contributed by atoms with van der Waals surface area (Å²) in [5.41, 5.74) is 0.954. The molecule has 1 aromatic carbocycles. The van der Waals surface area contributed by atoms with Gasteiger partial charge in [0.1, 0.15) is 11.0 Å². The molecule has 100 valence electrons. The first kappa shape index (κ1) is 12.7. The molecule has 0 bridgehead atoms. The van der Waals surface area contributed by atoms with Gasteiger partial charge in [0.05, 0.1) is 12.5 Å². The Balaban J connectivity index is 1.70. The highest BCUT2D eigenvalue weighted by molar-refractivity contribution is 8.15. The number of hydrogen-bond acceptors (Lipinski definition) is 5. The minimum Gasteiger partial charge on any atom is -0.463 e. The second-order valence-electron chi connectivity index (χ2n) is 4.06. The van der Waals surface area contributed by atoms with Crippen LogP contribution in [0.5, 0.6) is 0 Å². The standard InChI is InChI=1S/C14H11N3O2S/c18-13-12(10-5-2-1-3-6-10)20-14(16-13)17-15-9-11-7-4-8-19-11/h1-9,12H,(H,16,17,18)/b15-9-/t12-/m0/s1. The van der Waals surface area contributed by atoms with Crippen LogP contribution < -0.4 is 5.32 Å². The van der Waals surface area contributed by atoms with Gasteiger partial charge in [-0.2, -0.15) is 5.10 Å². The molecule has 0 radical (unpaired) electrons. The van der Waals surface area contributed by atoms with Crippen LogP contribution in [0, 0.1) is 0 Å². The molecular weight excluding hydrogens is 274 g/mol. The highest BCUT2D eigenvalue weighted by atomic mass is 32.2. The van der Waals surface area contributed by atoms with Crippen LogP contribution in [0.25, 0.3) is 0 Å². The lowest BCUT2D eigenvalue weighted by Gasteiger charge is -2.03. The van der Waals surface area contributed by atoms with Crippen molar-refractivity contribution in [2.24, 2.45) is 10.2 Å². The molecule has 1 N–H and O–H groups in total. The highest BCUT2D eigenvalue weighted by Gasteiger charge is 2.31. The molecule has 20 heavy (non-hydrogen) atoms. The van der Waals surface area contributed by atoms with E-state index in [1.807, 2.05) is 30.3 Å². The fourth-order valence-electron chi connectivity index (χ4n) is 1.76. The van der Waals surface area contributed by atoms with Crippen molar-refractivity contribution in [2.75, 3.05) is 0 Å². The van der Waals surface area contributed by atoms with E-state index >= 15 is 0 Å². The van der Waals surface area contributed by atoms with E-state index in [-0.39, 0.29) is 11.2 Å². The minimum absolute atomic E-state index is 0.0758. The molecule has 1 atom stereocenters. The van der Waals surface area contributed by atoms with Crippen molar-refractivity contribution in [1.29, 1.82) is 0 Å². The van der Waals surface area contributed by atoms with Gasteiger partial charge in [-0.15, -0.1) is 5.10 Å². The molecule has 1 amide bonds. The summed E-state index contributed by atoms with van der Waals surface area (Å²) in [6, 6.07) is 13.1. The van der Waals surface area contributed by atoms with Gasteiger partial charge < -0.3 is 9.73 Å². The SMILES string of the molecule is O=C1N/C(=N\N=C/c2ccco2)S[C@H]1c1ccccc1. The van der Waals surface area contributed by atoms with Crippen LogP contribution in [0.15, 0.2) is 63.3 Å². The first-order valence-corrected chi connectivity index (χ1v) is 6.88. The second-order valence-corrected chi connectivity index (χ2v) is 5.16. The molecule has 0 unspecified atom stereocenters. The number of amidine groups is 1. The fourth-order valence-corrected chi connectivity index (χ4v) is 2.70. The summed E-state index contributed by atoms with van der Waals surface area (Å²) < 4.78 is 5.10. The summed E-state index contributed by atoms with van der Waals surface area (Å²) in [5.74, 6) is 0.538. The van der Waals surface area contributed by atoms with Gasteiger partial charge in [-0.1, -0.05) is 42.1 Å². The van der Waals surface area contributed by atoms with Crippen LogP contribution in [0.4, 0.5) is 0 Å². The van der Waals surface area contributed by atoms with Crippen LogP contribution >= 0.6 is 11.8 Å². The molecule has 1 aliphatic heterocycles. The van der Waals surface area contributed by atoms with Gasteiger partial charge >= 0.3 is 0 Å². The second kappa shape index (κ2) is 5.75. The maximum absolute atomic E-state index is 11.9. The van der Waals surface area contributed by atoms with Crippen LogP contribution in [0.1, 0.15) is 16.6 Å². The van der Waals surface area contributed by atoms with Crippen molar-refractivity contribution in [3.63, 3.8) is 0 Å². The fraction of sp³-hybridized carbons (Fsp3) is 0.0714. The number of hydrogen-bond donors (Lipinski definition) is 1. The Morgan fingerprint density at radius 3 is 2.80 bits per heavy atom. The Morgan fingerprint density at radius 2 is 2.05 bits per heavy atom. The molecule has 2 heterocycles. The Kier molecular flexibility index (Phi) is 3.64. The Hall–Kier alpha value is -2.34. The van der Waals surface area contributed by atoms with E-state index in [0.29, 0.717) is 10.9 Å². The summed E-state index contributed by atoms with van der Waals surface area (Å²) in [6.07, 6.45) is 3.06. The Bertz CT molecular complexity index is 650. The molecule has 0 saturated carbocycles. The van der Waals surface area contributed by atoms with Gasteiger partial charge in [0, 0.05) is 0 Å². The molecule has 5 nitrogen and oxygen atoms in total. The van der Waals surface area contributed by atoms with Gasteiger partial charge in [-0.3, -0.25) is 4.79 Å². The van der Waals surface area contributed by atoms with Crippen molar-refractivity contribution < 1.29 is 9.21 Å². The summed E-state index contributed by atoms with van der Waals surface area (Å²) in [5, 5.41) is 10.8. The van der Waals surface area contributed by atoms with Gasteiger partial charge in [0.25, 0.3) is 0 Å². The average molecular weight is 285 g/mol. The molecular formula is C14H11N3O2S. The number of benzene rings is 1. The number of nitrogens with one attached hydrogen (secondary N) is 1. The van der Waals surface area contributed by atoms with Crippen LogP contribution in [-0.4, -0.2) is 17.3 Å². The number of thioether (sulfide) groups is 1. The number of rotatable bonds is 3. The smallest absolute Gasteiger partial charge is 0.244 e. The Labute approximate surface area is 119 Å². The summed E-state index contributed by atoms with van der Waals surface area (Å²) in [6.45, 7) is 0. The summed E-state index contributed by atoms with van der Waals surface area (Å²) >= 11 is 1.35. The topological polar surface area (TPSA) is 67.0 Å². The zero-order valence-electron chi connectivity index (χ0n) is 10.4. The van der Waals surface area contributed by atoms with Crippen molar-refractivity contribution in [3.05, 3.63) is 60.1 Å². The Morgan fingerprint density at radius 1 is 1.20 bits per heavy atom. The van der Waals surface area contributed by atoms with E-state index in [1.54, 1.807) is 18.4 Å².